The van der Waals surface area contributed by atoms with Crippen LogP contribution in [0.3, 0.4) is 0 Å². The maximum absolute atomic E-state index is 13.9. The highest BCUT2D eigenvalue weighted by atomic mass is 32.2. The average Bonchev–Trinajstić information content (AvgIpc) is 3.21. The second-order valence-electron chi connectivity index (χ2n) is 7.96. The number of hydrogen-bond donors (Lipinski definition) is 0. The molecule has 0 aliphatic heterocycles. The number of aryl methyl sites for hydroxylation is 1. The maximum atomic E-state index is 13.9. The summed E-state index contributed by atoms with van der Waals surface area (Å²) in [6.45, 7) is 9.64. The van der Waals surface area contributed by atoms with Gasteiger partial charge >= 0.3 is 0 Å². The largest absolute Gasteiger partial charge is 0.494 e. The third-order valence-electron chi connectivity index (χ3n) is 5.78. The molecule has 7 nitrogen and oxygen atoms in total. The van der Waals surface area contributed by atoms with E-state index in [0.29, 0.717) is 39.2 Å². The highest BCUT2D eigenvalue weighted by molar-refractivity contribution is 7.99. The van der Waals surface area contributed by atoms with Gasteiger partial charge < -0.3 is 9.64 Å². The van der Waals surface area contributed by atoms with Crippen molar-refractivity contribution in [2.24, 2.45) is 0 Å². The Labute approximate surface area is 223 Å². The maximum Gasteiger partial charge on any atom is 0.278 e. The summed E-state index contributed by atoms with van der Waals surface area (Å²) in [4.78, 5) is 33.3. The summed E-state index contributed by atoms with van der Waals surface area (Å²) in [5.41, 5.74) is 2.76. The van der Waals surface area contributed by atoms with Crippen molar-refractivity contribution in [3.63, 3.8) is 0 Å². The zero-order valence-electron chi connectivity index (χ0n) is 20.7. The van der Waals surface area contributed by atoms with E-state index in [4.69, 9.17) is 21.9 Å². The van der Waals surface area contributed by atoms with Crippen LogP contribution in [-0.2, 0) is 4.79 Å². The molecule has 36 heavy (non-hydrogen) atoms. The van der Waals surface area contributed by atoms with Gasteiger partial charge in [0.1, 0.15) is 10.4 Å². The quantitative estimate of drug-likeness (QED) is 0.156. The minimum absolute atomic E-state index is 0.00402. The summed E-state index contributed by atoms with van der Waals surface area (Å²) in [5, 5.41) is 0.454. The molecule has 4 aromatic rings. The Hall–Kier alpha value is -2.95. The van der Waals surface area contributed by atoms with Crippen LogP contribution >= 0.6 is 35.3 Å². The number of amides is 1. The predicted octanol–water partition coefficient (Wildman–Crippen LogP) is 5.64. The van der Waals surface area contributed by atoms with Crippen molar-refractivity contribution in [2.75, 3.05) is 25.4 Å². The van der Waals surface area contributed by atoms with Crippen molar-refractivity contribution in [3.05, 3.63) is 68.4 Å². The third-order valence-corrected chi connectivity index (χ3v) is 8.05. The molecule has 0 bridgehead atoms. The summed E-state index contributed by atoms with van der Waals surface area (Å²) in [7, 11) is 0. The summed E-state index contributed by atoms with van der Waals surface area (Å²) in [6, 6.07) is 15.2. The van der Waals surface area contributed by atoms with E-state index in [1.54, 1.807) is 9.47 Å². The van der Waals surface area contributed by atoms with Gasteiger partial charge in [-0.05, 0) is 75.8 Å². The van der Waals surface area contributed by atoms with Gasteiger partial charge in [0.15, 0.2) is 14.8 Å². The molecular formula is C26H28N4O3S3. The zero-order valence-corrected chi connectivity index (χ0v) is 23.1. The van der Waals surface area contributed by atoms with Crippen LogP contribution in [-0.4, -0.2) is 50.4 Å². The second-order valence-corrected chi connectivity index (χ2v) is 10.5. The Kier molecular flexibility index (Phi) is 8.28. The van der Waals surface area contributed by atoms with E-state index in [-0.39, 0.29) is 17.2 Å². The number of aromatic nitrogens is 3. The normalized spacial score (nSPS) is 11.1. The van der Waals surface area contributed by atoms with Gasteiger partial charge in [0.2, 0.25) is 5.91 Å². The summed E-state index contributed by atoms with van der Waals surface area (Å²) < 4.78 is 9.97. The molecule has 0 N–H and O–H groups in total. The van der Waals surface area contributed by atoms with Gasteiger partial charge in [0.05, 0.1) is 18.0 Å². The van der Waals surface area contributed by atoms with E-state index in [1.165, 1.54) is 23.1 Å². The number of nitrogens with zero attached hydrogens (tertiary/aromatic N) is 4. The fourth-order valence-corrected chi connectivity index (χ4v) is 6.14. The topological polar surface area (TPSA) is 69.4 Å². The van der Waals surface area contributed by atoms with Gasteiger partial charge in [-0.1, -0.05) is 41.3 Å². The number of para-hydroxylation sites is 1. The number of thioether (sulfide) groups is 1. The standard InChI is InChI=1S/C26H28N4O3S3/c1-5-28(6-2)21(31)16-35-25-27-23-22(24(32)30(25)20-11-9-8-10-17(20)4)36-26(34)29(23)18-12-14-19(15-13-18)33-7-3/h8-15H,5-7,16H2,1-4H3. The van der Waals surface area contributed by atoms with Gasteiger partial charge in [-0.25, -0.2) is 4.98 Å². The molecule has 1 amide bonds. The Morgan fingerprint density at radius 3 is 2.42 bits per heavy atom. The molecule has 0 aliphatic carbocycles. The van der Waals surface area contributed by atoms with Crippen LogP contribution in [0.2, 0.25) is 0 Å². The Morgan fingerprint density at radius 2 is 1.78 bits per heavy atom. The Balaban J connectivity index is 1.90. The first-order chi connectivity index (χ1) is 17.4. The lowest BCUT2D eigenvalue weighted by atomic mass is 10.2. The number of benzene rings is 2. The van der Waals surface area contributed by atoms with Gasteiger partial charge in [0.25, 0.3) is 5.56 Å². The molecule has 188 valence electrons. The van der Waals surface area contributed by atoms with Crippen molar-refractivity contribution in [3.8, 4) is 17.1 Å². The Morgan fingerprint density at radius 1 is 1.08 bits per heavy atom. The molecular weight excluding hydrogens is 513 g/mol. The molecule has 4 rings (SSSR count). The SMILES string of the molecule is CCOc1ccc(-n2c(=S)sc3c(=O)n(-c4ccccc4C)c(SCC(=O)N(CC)CC)nc32)cc1. The number of hydrogen-bond acceptors (Lipinski definition) is 7. The molecule has 0 fully saturated rings. The lowest BCUT2D eigenvalue weighted by Crippen LogP contribution is -2.32. The lowest BCUT2D eigenvalue weighted by Gasteiger charge is -2.19. The molecule has 0 aliphatic rings. The smallest absolute Gasteiger partial charge is 0.278 e. The van der Waals surface area contributed by atoms with Gasteiger partial charge in [0, 0.05) is 18.8 Å². The molecule has 0 unspecified atom stereocenters. The first kappa shape index (κ1) is 26.1. The molecule has 0 spiro atoms. The van der Waals surface area contributed by atoms with Crippen LogP contribution in [0.15, 0.2) is 58.5 Å². The van der Waals surface area contributed by atoms with Crippen LogP contribution in [0.4, 0.5) is 0 Å². The fraction of sp³-hybridized carbons (Fsp3) is 0.308. The monoisotopic (exact) mass is 540 g/mol. The molecule has 2 heterocycles. The van der Waals surface area contributed by atoms with E-state index in [1.807, 2.05) is 80.8 Å². The highest BCUT2D eigenvalue weighted by Crippen LogP contribution is 2.29. The number of thiazole rings is 1. The van der Waals surface area contributed by atoms with Crippen LogP contribution in [0.25, 0.3) is 21.7 Å². The van der Waals surface area contributed by atoms with E-state index in [9.17, 15) is 9.59 Å². The van der Waals surface area contributed by atoms with Crippen molar-refractivity contribution in [1.29, 1.82) is 0 Å². The average molecular weight is 541 g/mol. The highest BCUT2D eigenvalue weighted by Gasteiger charge is 2.21. The number of rotatable bonds is 9. The molecule has 10 heteroatoms. The molecule has 0 saturated carbocycles. The summed E-state index contributed by atoms with van der Waals surface area (Å²) in [5.74, 6) is 0.942. The van der Waals surface area contributed by atoms with Gasteiger partial charge in [-0.3, -0.25) is 18.7 Å². The van der Waals surface area contributed by atoms with E-state index in [0.717, 1.165) is 22.7 Å². The van der Waals surface area contributed by atoms with Crippen molar-refractivity contribution >= 4 is 51.6 Å². The second kappa shape index (κ2) is 11.4. The first-order valence-corrected chi connectivity index (χ1v) is 14.0. The predicted molar refractivity (Wildman–Crippen MR) is 150 cm³/mol. The van der Waals surface area contributed by atoms with E-state index in [2.05, 4.69) is 0 Å². The molecule has 2 aromatic carbocycles. The minimum Gasteiger partial charge on any atom is -0.494 e. The minimum atomic E-state index is -0.201. The molecule has 2 aromatic heterocycles. The van der Waals surface area contributed by atoms with Gasteiger partial charge in [-0.15, -0.1) is 0 Å². The van der Waals surface area contributed by atoms with Gasteiger partial charge in [-0.2, -0.15) is 0 Å². The summed E-state index contributed by atoms with van der Waals surface area (Å²) in [6.07, 6.45) is 0. The van der Waals surface area contributed by atoms with Crippen molar-refractivity contribution in [1.82, 2.24) is 19.0 Å². The van der Waals surface area contributed by atoms with E-state index >= 15 is 0 Å². The van der Waals surface area contributed by atoms with Crippen LogP contribution in [0.1, 0.15) is 26.3 Å². The molecule has 0 saturated heterocycles. The Bertz CT molecular complexity index is 1500. The third kappa shape index (κ3) is 5.11. The summed E-state index contributed by atoms with van der Waals surface area (Å²) >= 11 is 8.18. The van der Waals surface area contributed by atoms with Crippen molar-refractivity contribution in [2.45, 2.75) is 32.9 Å². The lowest BCUT2D eigenvalue weighted by molar-refractivity contribution is -0.127. The number of fused-ring (bicyclic) bond motifs is 1. The van der Waals surface area contributed by atoms with Crippen LogP contribution in [0, 0.1) is 10.9 Å². The van der Waals surface area contributed by atoms with Crippen molar-refractivity contribution < 1.29 is 9.53 Å². The molecule has 0 atom stereocenters. The van der Waals surface area contributed by atoms with Crippen LogP contribution in [0.5, 0.6) is 5.75 Å². The number of ether oxygens (including phenoxy) is 1. The van der Waals surface area contributed by atoms with Crippen LogP contribution < -0.4 is 10.3 Å². The zero-order chi connectivity index (χ0) is 25.8. The first-order valence-electron chi connectivity index (χ1n) is 11.8. The fourth-order valence-electron chi connectivity index (χ4n) is 3.94. The number of carbonyl (C=O) groups is 1. The molecule has 0 radical (unpaired) electrons. The van der Waals surface area contributed by atoms with E-state index < -0.39 is 0 Å². The number of carbonyl (C=O) groups excluding carboxylic acids is 1.